The molecule has 0 aliphatic carbocycles. The van der Waals surface area contributed by atoms with E-state index >= 15 is 0 Å². The van der Waals surface area contributed by atoms with Crippen molar-refractivity contribution < 1.29 is 14.6 Å². The zero-order chi connectivity index (χ0) is 13.7. The Hall–Kier alpha value is -1.55. The Balaban J connectivity index is 2.02. The lowest BCUT2D eigenvalue weighted by Crippen LogP contribution is -2.34. The van der Waals surface area contributed by atoms with E-state index in [1.54, 1.807) is 12.0 Å². The maximum absolute atomic E-state index is 11.9. The number of aliphatic hydroxyl groups is 1. The zero-order valence-corrected chi connectivity index (χ0v) is 11.3. The second-order valence-corrected chi connectivity index (χ2v) is 4.94. The molecule has 2 rings (SSSR count). The van der Waals surface area contributed by atoms with Crippen LogP contribution in [0.2, 0.25) is 0 Å². The molecule has 1 saturated heterocycles. The molecule has 0 spiro atoms. The first-order chi connectivity index (χ1) is 9.20. The van der Waals surface area contributed by atoms with Gasteiger partial charge in [-0.25, -0.2) is 0 Å². The van der Waals surface area contributed by atoms with Gasteiger partial charge < -0.3 is 14.7 Å². The van der Waals surface area contributed by atoms with Crippen LogP contribution in [0.1, 0.15) is 37.4 Å². The van der Waals surface area contributed by atoms with Gasteiger partial charge in [0.15, 0.2) is 0 Å². The van der Waals surface area contributed by atoms with Gasteiger partial charge in [-0.15, -0.1) is 0 Å². The maximum Gasteiger partial charge on any atom is 0.222 e. The van der Waals surface area contributed by atoms with Crippen LogP contribution in [0.5, 0.6) is 5.75 Å². The number of hydrogen-bond donors (Lipinski definition) is 1. The van der Waals surface area contributed by atoms with Crippen LogP contribution in [0.25, 0.3) is 0 Å². The quantitative estimate of drug-likeness (QED) is 0.905. The van der Waals surface area contributed by atoms with Crippen molar-refractivity contribution in [1.82, 2.24) is 4.90 Å². The topological polar surface area (TPSA) is 49.8 Å². The van der Waals surface area contributed by atoms with E-state index in [1.165, 1.54) is 0 Å². The third-order valence-electron chi connectivity index (χ3n) is 3.54. The Kier molecular flexibility index (Phi) is 4.80. The highest BCUT2D eigenvalue weighted by molar-refractivity contribution is 5.76. The van der Waals surface area contributed by atoms with Crippen molar-refractivity contribution >= 4 is 5.91 Å². The normalized spacial score (nSPS) is 18.0. The summed E-state index contributed by atoms with van der Waals surface area (Å²) in [5.41, 5.74) is 0.788. The van der Waals surface area contributed by atoms with Crippen LogP contribution in [-0.4, -0.2) is 36.1 Å². The minimum Gasteiger partial charge on any atom is -0.497 e. The molecule has 0 bridgehead atoms. The lowest BCUT2D eigenvalue weighted by Gasteiger charge is -2.24. The van der Waals surface area contributed by atoms with E-state index in [2.05, 4.69) is 0 Å². The summed E-state index contributed by atoms with van der Waals surface area (Å²) in [6.07, 6.45) is 3.03. The van der Waals surface area contributed by atoms with Crippen LogP contribution in [-0.2, 0) is 4.79 Å². The largest absolute Gasteiger partial charge is 0.497 e. The van der Waals surface area contributed by atoms with E-state index in [0.29, 0.717) is 13.0 Å². The molecule has 0 radical (unpaired) electrons. The molecule has 1 unspecified atom stereocenters. The molecule has 4 heteroatoms. The summed E-state index contributed by atoms with van der Waals surface area (Å²) in [6, 6.07) is 7.36. The molecular formula is C15H21NO3. The number of carbonyl (C=O) groups excluding carboxylic acids is 1. The van der Waals surface area contributed by atoms with Crippen molar-refractivity contribution in [3.05, 3.63) is 29.8 Å². The number of amides is 1. The minimum atomic E-state index is -0.655. The van der Waals surface area contributed by atoms with Crippen molar-refractivity contribution in [1.29, 1.82) is 0 Å². The van der Waals surface area contributed by atoms with Gasteiger partial charge in [-0.2, -0.15) is 0 Å². The Labute approximate surface area is 114 Å². The molecule has 1 heterocycles. The fourth-order valence-electron chi connectivity index (χ4n) is 2.39. The molecule has 4 nitrogen and oxygen atoms in total. The molecule has 1 aromatic carbocycles. The van der Waals surface area contributed by atoms with Gasteiger partial charge in [0.25, 0.3) is 0 Å². The highest BCUT2D eigenvalue weighted by atomic mass is 16.5. The first-order valence-electron chi connectivity index (χ1n) is 6.80. The summed E-state index contributed by atoms with van der Waals surface area (Å²) in [5, 5.41) is 10.3. The van der Waals surface area contributed by atoms with Gasteiger partial charge in [-0.1, -0.05) is 18.6 Å². The summed E-state index contributed by atoms with van der Waals surface area (Å²) >= 11 is 0. The summed E-state index contributed by atoms with van der Waals surface area (Å²) in [6.45, 7) is 1.12. The predicted octanol–water partition coefficient (Wildman–Crippen LogP) is 2.13. The van der Waals surface area contributed by atoms with Crippen LogP contribution in [0.15, 0.2) is 24.3 Å². The highest BCUT2D eigenvalue weighted by Crippen LogP contribution is 2.21. The highest BCUT2D eigenvalue weighted by Gasteiger charge is 2.20. The molecule has 0 aromatic heterocycles. The van der Waals surface area contributed by atoms with E-state index in [-0.39, 0.29) is 5.91 Å². The monoisotopic (exact) mass is 263 g/mol. The molecule has 104 valence electrons. The van der Waals surface area contributed by atoms with Crippen molar-refractivity contribution in [3.8, 4) is 5.75 Å². The molecule has 1 amide bonds. The number of β-amino-alcohol motifs (C(OH)–C–C–N with tert-alkyl or cyclic N) is 1. The van der Waals surface area contributed by atoms with Gasteiger partial charge in [0.2, 0.25) is 5.91 Å². The zero-order valence-electron chi connectivity index (χ0n) is 11.3. The van der Waals surface area contributed by atoms with Crippen molar-refractivity contribution in [2.75, 3.05) is 20.2 Å². The van der Waals surface area contributed by atoms with E-state index < -0.39 is 6.10 Å². The molecule has 1 aliphatic rings. The second-order valence-electron chi connectivity index (χ2n) is 4.94. The van der Waals surface area contributed by atoms with Gasteiger partial charge in [0, 0.05) is 13.0 Å². The summed E-state index contributed by atoms with van der Waals surface area (Å²) in [4.78, 5) is 13.7. The van der Waals surface area contributed by atoms with Gasteiger partial charge >= 0.3 is 0 Å². The Bertz CT molecular complexity index is 433. The Morgan fingerprint density at radius 3 is 3.00 bits per heavy atom. The first kappa shape index (κ1) is 13.9. The molecule has 1 atom stereocenters. The van der Waals surface area contributed by atoms with Crippen molar-refractivity contribution in [2.45, 2.75) is 31.8 Å². The number of methoxy groups -OCH3 is 1. The number of aliphatic hydroxyl groups excluding tert-OH is 1. The number of benzene rings is 1. The van der Waals surface area contributed by atoms with E-state index in [1.807, 2.05) is 24.3 Å². The number of rotatable bonds is 4. The second kappa shape index (κ2) is 6.57. The third kappa shape index (κ3) is 3.70. The average Bonchev–Trinajstić information content (AvgIpc) is 2.64. The van der Waals surface area contributed by atoms with Crippen molar-refractivity contribution in [3.63, 3.8) is 0 Å². The average molecular weight is 263 g/mol. The van der Waals surface area contributed by atoms with Crippen LogP contribution in [0.3, 0.4) is 0 Å². The third-order valence-corrected chi connectivity index (χ3v) is 3.54. The summed E-state index contributed by atoms with van der Waals surface area (Å²) in [5.74, 6) is 0.873. The predicted molar refractivity (Wildman–Crippen MR) is 73.0 cm³/mol. The Morgan fingerprint density at radius 1 is 1.37 bits per heavy atom. The van der Waals surface area contributed by atoms with Gasteiger partial charge in [-0.3, -0.25) is 4.79 Å². The van der Waals surface area contributed by atoms with Crippen molar-refractivity contribution in [2.24, 2.45) is 0 Å². The number of nitrogens with zero attached hydrogens (tertiary/aromatic N) is 1. The lowest BCUT2D eigenvalue weighted by atomic mass is 10.1. The number of likely N-dealkylation sites (tertiary alicyclic amines) is 1. The standard InChI is InChI=1S/C15H21NO3/c1-19-13-7-5-6-12(10-13)14(17)11-16-9-4-2-3-8-15(16)18/h5-7,10,14,17H,2-4,8-9,11H2,1H3. The van der Waals surface area contributed by atoms with Gasteiger partial charge in [0.05, 0.1) is 19.8 Å². The van der Waals surface area contributed by atoms with Gasteiger partial charge in [0.1, 0.15) is 5.75 Å². The SMILES string of the molecule is COc1cccc(C(O)CN2CCCCCC2=O)c1. The molecule has 1 fully saturated rings. The fraction of sp³-hybridized carbons (Fsp3) is 0.533. The summed E-state index contributed by atoms with van der Waals surface area (Å²) < 4.78 is 5.14. The van der Waals surface area contributed by atoms with Crippen LogP contribution in [0, 0.1) is 0 Å². The molecular weight excluding hydrogens is 242 g/mol. The molecule has 1 aromatic rings. The van der Waals surface area contributed by atoms with E-state index in [0.717, 1.165) is 37.1 Å². The Morgan fingerprint density at radius 2 is 2.21 bits per heavy atom. The summed E-state index contributed by atoms with van der Waals surface area (Å²) in [7, 11) is 1.60. The lowest BCUT2D eigenvalue weighted by molar-refractivity contribution is -0.132. The van der Waals surface area contributed by atoms with Crippen LogP contribution >= 0.6 is 0 Å². The smallest absolute Gasteiger partial charge is 0.222 e. The van der Waals surface area contributed by atoms with E-state index in [9.17, 15) is 9.90 Å². The van der Waals surface area contributed by atoms with Gasteiger partial charge in [-0.05, 0) is 30.5 Å². The molecule has 1 aliphatic heterocycles. The number of hydrogen-bond acceptors (Lipinski definition) is 3. The van der Waals surface area contributed by atoms with E-state index in [4.69, 9.17) is 4.74 Å². The maximum atomic E-state index is 11.9. The number of carbonyl (C=O) groups is 1. The number of ether oxygens (including phenoxy) is 1. The first-order valence-corrected chi connectivity index (χ1v) is 6.80. The fourth-order valence-corrected chi connectivity index (χ4v) is 2.39. The van der Waals surface area contributed by atoms with Crippen LogP contribution < -0.4 is 4.74 Å². The molecule has 0 saturated carbocycles. The minimum absolute atomic E-state index is 0.152. The molecule has 1 N–H and O–H groups in total. The van der Waals surface area contributed by atoms with Crippen LogP contribution in [0.4, 0.5) is 0 Å². The molecule has 19 heavy (non-hydrogen) atoms.